The molecular formula is C29H41BrN2O6S. The lowest BCUT2D eigenvalue weighted by molar-refractivity contribution is -0.154. The Morgan fingerprint density at radius 2 is 1.64 bits per heavy atom. The van der Waals surface area contributed by atoms with Crippen molar-refractivity contribution < 1.29 is 27.5 Å². The quantitative estimate of drug-likeness (QED) is 0.331. The Kier molecular flexibility index (Phi) is 11.0. The summed E-state index contributed by atoms with van der Waals surface area (Å²) < 4.78 is 37.2. The van der Waals surface area contributed by atoms with Crippen LogP contribution in [0, 0.1) is 11.3 Å². The Morgan fingerprint density at radius 3 is 2.15 bits per heavy atom. The number of carbonyl (C=O) groups is 2. The van der Waals surface area contributed by atoms with E-state index in [0.29, 0.717) is 28.8 Å². The molecule has 0 bridgehead atoms. The number of ether oxygens (including phenoxy) is 2. The van der Waals surface area contributed by atoms with Crippen molar-refractivity contribution in [3.63, 3.8) is 0 Å². The molecule has 2 aromatic carbocycles. The number of rotatable bonds is 11. The van der Waals surface area contributed by atoms with Gasteiger partial charge in [0.05, 0.1) is 37.5 Å². The third-order valence-corrected chi connectivity index (χ3v) is 7.34. The van der Waals surface area contributed by atoms with Gasteiger partial charge in [-0.25, -0.2) is 8.42 Å². The monoisotopic (exact) mass is 624 g/mol. The minimum absolute atomic E-state index is 0.0458. The Morgan fingerprint density at radius 1 is 1.03 bits per heavy atom. The molecule has 0 saturated heterocycles. The van der Waals surface area contributed by atoms with Gasteiger partial charge in [-0.2, -0.15) is 0 Å². The summed E-state index contributed by atoms with van der Waals surface area (Å²) in [5.41, 5.74) is 2.66. The third kappa shape index (κ3) is 10.8. The predicted octanol–water partition coefficient (Wildman–Crippen LogP) is 5.23. The molecule has 216 valence electrons. The highest BCUT2D eigenvalue weighted by Crippen LogP contribution is 2.32. The number of nitrogens with one attached hydrogen (secondary N) is 2. The molecule has 2 aromatic rings. The lowest BCUT2D eigenvalue weighted by atomic mass is 9.86. The standard InChI is InChI=1S/C29H41BrN2O6S/c1-28(2,3)22-11-9-19(10-12-22)13-20(18-38-27(34)29(4,5)6)17-31-26(33)15-21-14-25(37-7)24(16-23(21)30)32-39(8,35)36/h9-12,14,16,20,32H,13,15,17-18H2,1-8H3,(H,31,33). The molecule has 8 nitrogen and oxygen atoms in total. The zero-order valence-electron chi connectivity index (χ0n) is 24.1. The second kappa shape index (κ2) is 13.2. The van der Waals surface area contributed by atoms with Gasteiger partial charge in [0.2, 0.25) is 15.9 Å². The average Bonchev–Trinajstić information content (AvgIpc) is 2.80. The molecule has 0 aromatic heterocycles. The molecule has 0 aliphatic rings. The minimum atomic E-state index is -3.50. The molecule has 0 fully saturated rings. The van der Waals surface area contributed by atoms with E-state index < -0.39 is 15.4 Å². The maximum Gasteiger partial charge on any atom is 0.311 e. The number of methoxy groups -OCH3 is 1. The number of amides is 1. The van der Waals surface area contributed by atoms with Gasteiger partial charge in [-0.1, -0.05) is 61.0 Å². The topological polar surface area (TPSA) is 111 Å². The Labute approximate surface area is 241 Å². The first-order chi connectivity index (χ1) is 17.9. The van der Waals surface area contributed by atoms with E-state index >= 15 is 0 Å². The Hall–Kier alpha value is -2.59. The van der Waals surface area contributed by atoms with Crippen LogP contribution in [0.1, 0.15) is 58.2 Å². The van der Waals surface area contributed by atoms with E-state index in [0.717, 1.165) is 11.8 Å². The second-order valence-corrected chi connectivity index (χ2v) is 14.5. The van der Waals surface area contributed by atoms with E-state index in [1.807, 2.05) is 0 Å². The van der Waals surface area contributed by atoms with E-state index in [4.69, 9.17) is 9.47 Å². The maximum absolute atomic E-state index is 12.9. The molecule has 1 unspecified atom stereocenters. The molecule has 2 N–H and O–H groups in total. The molecule has 0 radical (unpaired) electrons. The van der Waals surface area contributed by atoms with Crippen LogP contribution in [0.5, 0.6) is 5.75 Å². The van der Waals surface area contributed by atoms with E-state index in [9.17, 15) is 18.0 Å². The van der Waals surface area contributed by atoms with Crippen LogP contribution >= 0.6 is 15.9 Å². The molecule has 0 aliphatic heterocycles. The molecule has 1 atom stereocenters. The van der Waals surface area contributed by atoms with Crippen molar-refractivity contribution >= 4 is 43.5 Å². The fraction of sp³-hybridized carbons (Fsp3) is 0.517. The number of sulfonamides is 1. The van der Waals surface area contributed by atoms with Crippen LogP contribution in [0.15, 0.2) is 40.9 Å². The third-order valence-electron chi connectivity index (χ3n) is 6.01. The molecular weight excluding hydrogens is 584 g/mol. The van der Waals surface area contributed by atoms with Crippen LogP contribution in [0.25, 0.3) is 0 Å². The summed E-state index contributed by atoms with van der Waals surface area (Å²) in [6.45, 7) is 12.4. The largest absolute Gasteiger partial charge is 0.495 e. The lowest BCUT2D eigenvalue weighted by Crippen LogP contribution is -2.35. The summed E-state index contributed by atoms with van der Waals surface area (Å²) in [5, 5.41) is 2.96. The van der Waals surface area contributed by atoms with Gasteiger partial charge in [-0.05, 0) is 61.4 Å². The first-order valence-corrected chi connectivity index (χ1v) is 15.4. The van der Waals surface area contributed by atoms with Crippen molar-refractivity contribution in [2.45, 2.75) is 59.8 Å². The Bertz CT molecular complexity index is 1260. The average molecular weight is 626 g/mol. The fourth-order valence-electron chi connectivity index (χ4n) is 3.75. The first kappa shape index (κ1) is 32.6. The smallest absolute Gasteiger partial charge is 0.311 e. The number of hydrogen-bond donors (Lipinski definition) is 2. The van der Waals surface area contributed by atoms with Gasteiger partial charge in [0, 0.05) is 16.9 Å². The van der Waals surface area contributed by atoms with E-state index in [2.05, 4.69) is 71.0 Å². The van der Waals surface area contributed by atoms with Gasteiger partial charge in [0.1, 0.15) is 5.75 Å². The molecule has 2 rings (SSSR count). The van der Waals surface area contributed by atoms with Gasteiger partial charge in [-0.3, -0.25) is 14.3 Å². The number of anilines is 1. The van der Waals surface area contributed by atoms with Gasteiger partial charge in [0.25, 0.3) is 0 Å². The molecule has 10 heteroatoms. The summed E-state index contributed by atoms with van der Waals surface area (Å²) in [5.74, 6) is -0.338. The normalized spacial score (nSPS) is 12.9. The van der Waals surface area contributed by atoms with Gasteiger partial charge < -0.3 is 14.8 Å². The van der Waals surface area contributed by atoms with Crippen LogP contribution < -0.4 is 14.8 Å². The number of carbonyl (C=O) groups excluding carboxylic acids is 2. The highest BCUT2D eigenvalue weighted by Gasteiger charge is 2.25. The van der Waals surface area contributed by atoms with Gasteiger partial charge in [-0.15, -0.1) is 0 Å². The Balaban J connectivity index is 2.13. The summed E-state index contributed by atoms with van der Waals surface area (Å²) in [4.78, 5) is 25.3. The first-order valence-electron chi connectivity index (χ1n) is 12.8. The van der Waals surface area contributed by atoms with Crippen molar-refractivity contribution in [2.75, 3.05) is 31.2 Å². The molecule has 0 spiro atoms. The van der Waals surface area contributed by atoms with Crippen LogP contribution in [0.3, 0.4) is 0 Å². The predicted molar refractivity (Wildman–Crippen MR) is 159 cm³/mol. The highest BCUT2D eigenvalue weighted by atomic mass is 79.9. The molecule has 0 aliphatic carbocycles. The molecule has 39 heavy (non-hydrogen) atoms. The SMILES string of the molecule is COc1cc(CC(=O)NCC(COC(=O)C(C)(C)C)Cc2ccc(C(C)(C)C)cc2)c(Br)cc1NS(C)(=O)=O. The van der Waals surface area contributed by atoms with Crippen LogP contribution in [-0.4, -0.2) is 46.8 Å². The van der Waals surface area contributed by atoms with E-state index in [1.165, 1.54) is 12.7 Å². The maximum atomic E-state index is 12.9. The van der Waals surface area contributed by atoms with Crippen molar-refractivity contribution in [3.8, 4) is 5.75 Å². The van der Waals surface area contributed by atoms with Gasteiger partial charge >= 0.3 is 5.97 Å². The van der Waals surface area contributed by atoms with Crippen molar-refractivity contribution in [1.29, 1.82) is 0 Å². The lowest BCUT2D eigenvalue weighted by Gasteiger charge is -2.23. The van der Waals surface area contributed by atoms with Crippen LogP contribution in [0.2, 0.25) is 0 Å². The zero-order chi connectivity index (χ0) is 29.6. The summed E-state index contributed by atoms with van der Waals surface area (Å²) in [7, 11) is -2.07. The van der Waals surface area contributed by atoms with Crippen molar-refractivity contribution in [2.24, 2.45) is 11.3 Å². The molecule has 0 heterocycles. The number of esters is 1. The van der Waals surface area contributed by atoms with E-state index in [-0.39, 0.29) is 41.9 Å². The summed E-state index contributed by atoms with van der Waals surface area (Å²) in [6.07, 6.45) is 1.73. The van der Waals surface area contributed by atoms with Gasteiger partial charge in [0.15, 0.2) is 0 Å². The molecule has 0 saturated carbocycles. The van der Waals surface area contributed by atoms with Crippen molar-refractivity contribution in [1.82, 2.24) is 5.32 Å². The number of halogens is 1. The van der Waals surface area contributed by atoms with Crippen LogP contribution in [-0.2, 0) is 42.6 Å². The highest BCUT2D eigenvalue weighted by molar-refractivity contribution is 9.10. The number of hydrogen-bond acceptors (Lipinski definition) is 6. The summed E-state index contributed by atoms with van der Waals surface area (Å²) in [6, 6.07) is 11.6. The summed E-state index contributed by atoms with van der Waals surface area (Å²) >= 11 is 3.42. The van der Waals surface area contributed by atoms with Crippen molar-refractivity contribution in [3.05, 3.63) is 57.6 Å². The fourth-order valence-corrected chi connectivity index (χ4v) is 4.79. The second-order valence-electron chi connectivity index (χ2n) is 11.9. The zero-order valence-corrected chi connectivity index (χ0v) is 26.5. The van der Waals surface area contributed by atoms with E-state index in [1.54, 1.807) is 32.9 Å². The molecule has 1 amide bonds. The number of benzene rings is 2. The minimum Gasteiger partial charge on any atom is -0.495 e. The van der Waals surface area contributed by atoms with Crippen LogP contribution in [0.4, 0.5) is 5.69 Å².